The average molecular weight is 342 g/mol. The minimum Gasteiger partial charge on any atom is -0.394 e. The monoisotopic (exact) mass is 342 g/mol. The summed E-state index contributed by atoms with van der Waals surface area (Å²) >= 11 is 0. The number of nitrogens with one attached hydrogen (secondary N) is 1. The van der Waals surface area contributed by atoms with E-state index < -0.39 is 41.6 Å². The number of fused-ring (bicyclic) bond motifs is 1. The molecular weight excluding hydrogens is 320 g/mol. The average Bonchev–Trinajstić information content (AvgIpc) is 2.99. The van der Waals surface area contributed by atoms with Crippen molar-refractivity contribution in [3.8, 4) is 0 Å². The second-order valence-corrected chi connectivity index (χ2v) is 6.27. The van der Waals surface area contributed by atoms with Crippen LogP contribution in [-0.4, -0.2) is 52.0 Å². The molecule has 1 aromatic heterocycles. The van der Waals surface area contributed by atoms with Crippen molar-refractivity contribution >= 4 is 0 Å². The third-order valence-corrected chi connectivity index (χ3v) is 4.08. The van der Waals surface area contributed by atoms with Crippen LogP contribution in [0.15, 0.2) is 15.8 Å². The molecule has 9 nitrogen and oxygen atoms in total. The van der Waals surface area contributed by atoms with Crippen molar-refractivity contribution in [3.63, 3.8) is 0 Å². The van der Waals surface area contributed by atoms with E-state index >= 15 is 0 Å². The van der Waals surface area contributed by atoms with Crippen LogP contribution in [0.4, 0.5) is 0 Å². The lowest BCUT2D eigenvalue weighted by molar-refractivity contribution is -0.200. The molecule has 2 aliphatic heterocycles. The largest absolute Gasteiger partial charge is 0.394 e. The highest BCUT2D eigenvalue weighted by atomic mass is 16.8. The Balaban J connectivity index is 1.96. The fraction of sp³-hybridized carbons (Fsp3) is 0.733. The lowest BCUT2D eigenvalue weighted by Gasteiger charge is -2.24. The first kappa shape index (κ1) is 17.3. The Labute approximate surface area is 138 Å². The first-order valence-corrected chi connectivity index (χ1v) is 7.90. The highest BCUT2D eigenvalue weighted by Crippen LogP contribution is 2.42. The van der Waals surface area contributed by atoms with Crippen LogP contribution in [-0.2, 0) is 25.6 Å². The zero-order chi connectivity index (χ0) is 17.5. The van der Waals surface area contributed by atoms with E-state index in [1.165, 1.54) is 10.8 Å². The maximum atomic E-state index is 12.2. The molecule has 0 bridgehead atoms. The molecule has 0 unspecified atom stereocenters. The predicted octanol–water partition coefficient (Wildman–Crippen LogP) is -0.517. The Morgan fingerprint density at radius 3 is 2.71 bits per heavy atom. The third kappa shape index (κ3) is 3.05. The first-order chi connectivity index (χ1) is 11.4. The van der Waals surface area contributed by atoms with Gasteiger partial charge >= 0.3 is 5.69 Å². The summed E-state index contributed by atoms with van der Waals surface area (Å²) in [4.78, 5) is 26.4. The van der Waals surface area contributed by atoms with E-state index in [2.05, 4.69) is 4.98 Å². The van der Waals surface area contributed by atoms with Gasteiger partial charge in [-0.15, -0.1) is 0 Å². The van der Waals surface area contributed by atoms with E-state index in [1.54, 1.807) is 13.8 Å². The molecule has 4 atom stereocenters. The number of ether oxygens (including phenoxy) is 4. The van der Waals surface area contributed by atoms with Gasteiger partial charge in [-0.1, -0.05) is 0 Å². The van der Waals surface area contributed by atoms with E-state index in [0.29, 0.717) is 12.2 Å². The van der Waals surface area contributed by atoms with Gasteiger partial charge in [-0.05, 0) is 20.8 Å². The van der Waals surface area contributed by atoms with Gasteiger partial charge in [-0.3, -0.25) is 14.3 Å². The maximum absolute atomic E-state index is 12.2. The first-order valence-electron chi connectivity index (χ1n) is 7.90. The summed E-state index contributed by atoms with van der Waals surface area (Å²) in [6, 6.07) is 0. The normalized spacial score (nSPS) is 31.3. The molecule has 2 fully saturated rings. The lowest BCUT2D eigenvalue weighted by atomic mass is 10.1. The van der Waals surface area contributed by atoms with Crippen molar-refractivity contribution in [1.82, 2.24) is 9.55 Å². The van der Waals surface area contributed by atoms with Crippen LogP contribution in [0.2, 0.25) is 0 Å². The molecule has 0 radical (unpaired) electrons. The molecule has 134 valence electrons. The van der Waals surface area contributed by atoms with Crippen LogP contribution in [0.1, 0.15) is 32.6 Å². The molecule has 1 aromatic rings. The van der Waals surface area contributed by atoms with E-state index in [1.807, 2.05) is 6.92 Å². The van der Waals surface area contributed by atoms with Crippen LogP contribution in [0.3, 0.4) is 0 Å². The van der Waals surface area contributed by atoms with Crippen molar-refractivity contribution in [1.29, 1.82) is 0 Å². The molecule has 3 heterocycles. The molecule has 0 spiro atoms. The Bertz CT molecular complexity index is 711. The smallest absolute Gasteiger partial charge is 0.330 e. The van der Waals surface area contributed by atoms with Crippen LogP contribution in [0, 0.1) is 0 Å². The van der Waals surface area contributed by atoms with Gasteiger partial charge in [-0.25, -0.2) is 4.79 Å². The number of nitrogens with zero attached hydrogens (tertiary/aromatic N) is 1. The van der Waals surface area contributed by atoms with Crippen LogP contribution in [0.25, 0.3) is 0 Å². The minimum absolute atomic E-state index is 0.0825. The maximum Gasteiger partial charge on any atom is 0.330 e. The molecule has 2 saturated heterocycles. The van der Waals surface area contributed by atoms with E-state index in [4.69, 9.17) is 18.9 Å². The van der Waals surface area contributed by atoms with E-state index in [9.17, 15) is 14.7 Å². The predicted molar refractivity (Wildman–Crippen MR) is 81.5 cm³/mol. The van der Waals surface area contributed by atoms with Crippen LogP contribution < -0.4 is 11.2 Å². The summed E-state index contributed by atoms with van der Waals surface area (Å²) in [7, 11) is 0. The zero-order valence-corrected chi connectivity index (χ0v) is 13.9. The molecule has 0 aromatic carbocycles. The van der Waals surface area contributed by atoms with Gasteiger partial charge in [0, 0.05) is 12.8 Å². The third-order valence-electron chi connectivity index (χ3n) is 4.08. The van der Waals surface area contributed by atoms with E-state index in [0.717, 1.165) is 0 Å². The van der Waals surface area contributed by atoms with Crippen molar-refractivity contribution in [3.05, 3.63) is 32.6 Å². The van der Waals surface area contributed by atoms with E-state index in [-0.39, 0.29) is 13.2 Å². The Hall–Kier alpha value is -1.52. The Morgan fingerprint density at radius 2 is 2.04 bits per heavy atom. The fourth-order valence-corrected chi connectivity index (χ4v) is 3.06. The second kappa shape index (κ2) is 6.41. The van der Waals surface area contributed by atoms with Gasteiger partial charge in [0.25, 0.3) is 5.56 Å². The SMILES string of the molecule is CCOCc1cn([C@@H]2O[C@H](CO)[C@H]3OC(C)(C)O[C@H]32)c(=O)[nH]c1=O. The number of aromatic nitrogens is 2. The van der Waals surface area contributed by atoms with Crippen molar-refractivity contribution in [2.75, 3.05) is 13.2 Å². The summed E-state index contributed by atoms with van der Waals surface area (Å²) in [5, 5.41) is 9.51. The summed E-state index contributed by atoms with van der Waals surface area (Å²) < 4.78 is 23.8. The van der Waals surface area contributed by atoms with Crippen molar-refractivity contribution in [2.45, 2.75) is 57.7 Å². The van der Waals surface area contributed by atoms with Crippen LogP contribution in [0.5, 0.6) is 0 Å². The van der Waals surface area contributed by atoms with Gasteiger partial charge in [0.1, 0.15) is 18.3 Å². The number of hydrogen-bond donors (Lipinski definition) is 2. The number of H-pyrrole nitrogens is 1. The molecule has 2 aliphatic rings. The topological polar surface area (TPSA) is 112 Å². The Kier molecular flexibility index (Phi) is 4.63. The molecule has 0 saturated carbocycles. The molecule has 24 heavy (non-hydrogen) atoms. The summed E-state index contributed by atoms with van der Waals surface area (Å²) in [6.45, 7) is 5.59. The number of aliphatic hydroxyl groups excluding tert-OH is 1. The van der Waals surface area contributed by atoms with Crippen molar-refractivity contribution in [2.24, 2.45) is 0 Å². The fourth-order valence-electron chi connectivity index (χ4n) is 3.06. The number of aromatic amines is 1. The van der Waals surface area contributed by atoms with Gasteiger partial charge in [0.05, 0.1) is 18.8 Å². The molecule has 3 rings (SSSR count). The van der Waals surface area contributed by atoms with Gasteiger partial charge < -0.3 is 24.1 Å². The quantitative estimate of drug-likeness (QED) is 0.741. The number of rotatable bonds is 5. The van der Waals surface area contributed by atoms with Gasteiger partial charge in [-0.2, -0.15) is 0 Å². The lowest BCUT2D eigenvalue weighted by Crippen LogP contribution is -2.38. The van der Waals surface area contributed by atoms with Gasteiger partial charge in [0.15, 0.2) is 12.0 Å². The molecular formula is C15H22N2O7. The number of hydrogen-bond acceptors (Lipinski definition) is 7. The molecule has 9 heteroatoms. The second-order valence-electron chi connectivity index (χ2n) is 6.27. The standard InChI is InChI=1S/C15H22N2O7/c1-4-21-7-8-5-17(14(20)16-12(8)19)13-11-10(9(6-18)22-13)23-15(2,3)24-11/h5,9-11,13,18H,4,6-7H2,1-3H3,(H,16,19,20)/t9-,10-,11-,13-/m1/s1. The zero-order valence-electron chi connectivity index (χ0n) is 13.9. The molecule has 0 aliphatic carbocycles. The van der Waals surface area contributed by atoms with Crippen molar-refractivity contribution < 1.29 is 24.1 Å². The summed E-state index contributed by atoms with van der Waals surface area (Å²) in [5.41, 5.74) is -0.806. The molecule has 2 N–H and O–H groups in total. The highest BCUT2D eigenvalue weighted by Gasteiger charge is 2.55. The highest BCUT2D eigenvalue weighted by molar-refractivity contribution is 5.06. The number of aliphatic hydroxyl groups is 1. The minimum atomic E-state index is -0.843. The Morgan fingerprint density at radius 1 is 1.33 bits per heavy atom. The van der Waals surface area contributed by atoms with Crippen LogP contribution >= 0.6 is 0 Å². The van der Waals surface area contributed by atoms with Gasteiger partial charge in [0.2, 0.25) is 0 Å². The summed E-state index contributed by atoms with van der Waals surface area (Å²) in [5.74, 6) is -0.843. The molecule has 0 amide bonds. The summed E-state index contributed by atoms with van der Waals surface area (Å²) in [6.07, 6.45) is -1.08.